The summed E-state index contributed by atoms with van der Waals surface area (Å²) in [5.74, 6) is -0.605. The molecule has 0 aliphatic heterocycles. The second-order valence-corrected chi connectivity index (χ2v) is 7.71. The van der Waals surface area contributed by atoms with Crippen LogP contribution in [0.5, 0.6) is 11.5 Å². The molecule has 0 aromatic heterocycles. The second-order valence-electron chi connectivity index (χ2n) is 6.06. The Bertz CT molecular complexity index is 1080. The number of carbonyl (C=O) groups is 1. The maximum Gasteiger partial charge on any atom is 0.259 e. The lowest BCUT2D eigenvalue weighted by Crippen LogP contribution is -2.26. The molecule has 0 saturated heterocycles. The van der Waals surface area contributed by atoms with Crippen LogP contribution in [0.15, 0.2) is 62.6 Å². The highest BCUT2D eigenvalue weighted by atomic mass is 79.9. The Kier molecular flexibility index (Phi) is 6.21. The van der Waals surface area contributed by atoms with Gasteiger partial charge in [0, 0.05) is 11.3 Å². The quantitative estimate of drug-likeness (QED) is 0.297. The third-order valence-electron chi connectivity index (χ3n) is 4.11. The molecule has 0 atom stereocenters. The van der Waals surface area contributed by atoms with Gasteiger partial charge in [-0.15, -0.1) is 0 Å². The number of phenols is 2. The number of nitrogens with zero attached hydrogens (tertiary/aromatic N) is 1. The molecule has 0 radical (unpaired) electrons. The fourth-order valence-electron chi connectivity index (χ4n) is 2.60. The highest BCUT2D eigenvalue weighted by Gasteiger charge is 2.16. The first-order valence-electron chi connectivity index (χ1n) is 8.33. The van der Waals surface area contributed by atoms with E-state index in [1.54, 1.807) is 6.92 Å². The minimum atomic E-state index is -0.330. The van der Waals surface area contributed by atoms with Gasteiger partial charge in [0.1, 0.15) is 16.0 Å². The Balaban J connectivity index is 1.64. The highest BCUT2D eigenvalue weighted by Crippen LogP contribution is 2.41. The Hall–Kier alpha value is -2.58. The fraction of sp³-hybridized carbons (Fsp3) is 0.100. The topological polar surface area (TPSA) is 94.0 Å². The molecule has 0 heterocycles. The third-order valence-corrected chi connectivity index (χ3v) is 5.46. The Morgan fingerprint density at radius 3 is 2.50 bits per heavy atom. The van der Waals surface area contributed by atoms with Gasteiger partial charge in [0.25, 0.3) is 5.91 Å². The Morgan fingerprint density at radius 1 is 1.04 bits per heavy atom. The average Bonchev–Trinajstić information content (AvgIpc) is 2.71. The second kappa shape index (κ2) is 8.62. The lowest BCUT2D eigenvalue weighted by atomic mass is 10.1. The maximum atomic E-state index is 12.1. The van der Waals surface area contributed by atoms with Crippen LogP contribution in [0.25, 0.3) is 10.8 Å². The van der Waals surface area contributed by atoms with Crippen molar-refractivity contribution >= 4 is 59.9 Å². The molecular formula is C20H17Br2N3O3. The summed E-state index contributed by atoms with van der Waals surface area (Å²) in [5, 5.41) is 29.2. The van der Waals surface area contributed by atoms with E-state index in [0.29, 0.717) is 15.7 Å². The van der Waals surface area contributed by atoms with Gasteiger partial charge in [-0.2, -0.15) is 5.10 Å². The molecule has 3 aromatic carbocycles. The third kappa shape index (κ3) is 4.45. The maximum absolute atomic E-state index is 12.1. The van der Waals surface area contributed by atoms with Crippen molar-refractivity contribution < 1.29 is 15.0 Å². The molecule has 0 aliphatic carbocycles. The first kappa shape index (κ1) is 20.2. The van der Waals surface area contributed by atoms with Gasteiger partial charge in [-0.25, -0.2) is 5.43 Å². The van der Waals surface area contributed by atoms with Crippen LogP contribution >= 0.6 is 31.9 Å². The van der Waals surface area contributed by atoms with Crippen LogP contribution in [0, 0.1) is 0 Å². The summed E-state index contributed by atoms with van der Waals surface area (Å²) in [6.45, 7) is 1.69. The standard InChI is InChI=1S/C20H17Br2N3O3/c1-11(15-9-16(21)20(28)18(22)19(15)27)24-25-17(26)10-23-14-7-6-12-4-2-3-5-13(12)8-14/h2-9,23,27-28H,10H2,1H3,(H,25,26)/b24-11+. The van der Waals surface area contributed by atoms with Crippen molar-refractivity contribution in [3.63, 3.8) is 0 Å². The van der Waals surface area contributed by atoms with Crippen molar-refractivity contribution in [2.45, 2.75) is 6.92 Å². The van der Waals surface area contributed by atoms with E-state index in [1.165, 1.54) is 6.07 Å². The molecule has 8 heteroatoms. The smallest absolute Gasteiger partial charge is 0.259 e. The zero-order valence-corrected chi connectivity index (χ0v) is 18.0. The summed E-state index contributed by atoms with van der Waals surface area (Å²) in [7, 11) is 0. The van der Waals surface area contributed by atoms with Crippen LogP contribution in [0.3, 0.4) is 0 Å². The molecule has 0 unspecified atom stereocenters. The molecule has 6 nitrogen and oxygen atoms in total. The van der Waals surface area contributed by atoms with Crippen molar-refractivity contribution in [1.82, 2.24) is 5.43 Å². The van der Waals surface area contributed by atoms with Crippen LogP contribution in [0.2, 0.25) is 0 Å². The first-order chi connectivity index (χ1) is 13.4. The van der Waals surface area contributed by atoms with Crippen LogP contribution in [-0.4, -0.2) is 28.4 Å². The van der Waals surface area contributed by atoms with E-state index in [9.17, 15) is 15.0 Å². The number of carbonyl (C=O) groups excluding carboxylic acids is 1. The first-order valence-corrected chi connectivity index (χ1v) is 9.91. The van der Waals surface area contributed by atoms with Crippen molar-refractivity contribution in [3.8, 4) is 11.5 Å². The molecule has 144 valence electrons. The minimum Gasteiger partial charge on any atom is -0.506 e. The van der Waals surface area contributed by atoms with Gasteiger partial charge in [0.2, 0.25) is 0 Å². The van der Waals surface area contributed by atoms with E-state index in [1.807, 2.05) is 42.5 Å². The Labute approximate surface area is 178 Å². The van der Waals surface area contributed by atoms with Gasteiger partial charge in [-0.05, 0) is 67.8 Å². The van der Waals surface area contributed by atoms with Gasteiger partial charge in [0.15, 0.2) is 0 Å². The minimum absolute atomic E-state index is 0.0457. The summed E-state index contributed by atoms with van der Waals surface area (Å²) in [5.41, 5.74) is 4.04. The molecule has 0 aliphatic rings. The summed E-state index contributed by atoms with van der Waals surface area (Å²) < 4.78 is 0.543. The lowest BCUT2D eigenvalue weighted by Gasteiger charge is -2.10. The van der Waals surface area contributed by atoms with Crippen molar-refractivity contribution in [1.29, 1.82) is 0 Å². The molecule has 3 aromatic rings. The van der Waals surface area contributed by atoms with Crippen LogP contribution in [-0.2, 0) is 4.79 Å². The molecule has 3 rings (SSSR count). The summed E-state index contributed by atoms with van der Waals surface area (Å²) in [6, 6.07) is 15.4. The lowest BCUT2D eigenvalue weighted by molar-refractivity contribution is -0.119. The van der Waals surface area contributed by atoms with E-state index >= 15 is 0 Å². The van der Waals surface area contributed by atoms with Crippen LogP contribution in [0.1, 0.15) is 12.5 Å². The molecular weight excluding hydrogens is 490 g/mol. The molecule has 4 N–H and O–H groups in total. The van der Waals surface area contributed by atoms with Crippen LogP contribution < -0.4 is 10.7 Å². The number of hydrogen-bond acceptors (Lipinski definition) is 5. The van der Waals surface area contributed by atoms with Gasteiger partial charge in [-0.1, -0.05) is 30.3 Å². The fourth-order valence-corrected chi connectivity index (χ4v) is 3.72. The molecule has 0 saturated carbocycles. The zero-order chi connectivity index (χ0) is 20.3. The predicted molar refractivity (Wildman–Crippen MR) is 118 cm³/mol. The van der Waals surface area contributed by atoms with Crippen molar-refractivity contribution in [3.05, 3.63) is 63.0 Å². The highest BCUT2D eigenvalue weighted by molar-refractivity contribution is 9.11. The van der Waals surface area contributed by atoms with E-state index in [4.69, 9.17) is 0 Å². The number of amides is 1. The number of fused-ring (bicyclic) bond motifs is 1. The number of anilines is 1. The number of halogens is 2. The molecule has 1 amide bonds. The SMILES string of the molecule is C/C(=N\NC(=O)CNc1ccc2ccccc2c1)c1cc(Br)c(O)c(Br)c1O. The van der Waals surface area contributed by atoms with Crippen molar-refractivity contribution in [2.24, 2.45) is 5.10 Å². The molecule has 0 spiro atoms. The van der Waals surface area contributed by atoms with Gasteiger partial charge in [0.05, 0.1) is 16.7 Å². The van der Waals surface area contributed by atoms with E-state index < -0.39 is 0 Å². The number of nitrogens with one attached hydrogen (secondary N) is 2. The number of benzene rings is 3. The number of aromatic hydroxyl groups is 2. The number of phenolic OH excluding ortho intramolecular Hbond substituents is 2. The summed E-state index contributed by atoms with van der Waals surface area (Å²) in [4.78, 5) is 12.1. The number of hydrogen-bond donors (Lipinski definition) is 4. The van der Waals surface area contributed by atoms with Gasteiger partial charge >= 0.3 is 0 Å². The Morgan fingerprint density at radius 2 is 1.75 bits per heavy atom. The van der Waals surface area contributed by atoms with Crippen LogP contribution in [0.4, 0.5) is 5.69 Å². The van der Waals surface area contributed by atoms with Crippen molar-refractivity contribution in [2.75, 3.05) is 11.9 Å². The monoisotopic (exact) mass is 505 g/mol. The molecule has 0 bridgehead atoms. The predicted octanol–water partition coefficient (Wildman–Crippen LogP) is 4.73. The van der Waals surface area contributed by atoms with Gasteiger partial charge < -0.3 is 15.5 Å². The average molecular weight is 507 g/mol. The number of hydrazone groups is 1. The zero-order valence-electron chi connectivity index (χ0n) is 14.8. The largest absolute Gasteiger partial charge is 0.506 e. The van der Waals surface area contributed by atoms with E-state index in [0.717, 1.165) is 16.5 Å². The number of rotatable bonds is 5. The summed E-state index contributed by atoms with van der Waals surface area (Å²) in [6.07, 6.45) is 0. The molecule has 0 fully saturated rings. The van der Waals surface area contributed by atoms with Gasteiger partial charge in [-0.3, -0.25) is 4.79 Å². The van der Waals surface area contributed by atoms with E-state index in [2.05, 4.69) is 47.7 Å². The summed E-state index contributed by atoms with van der Waals surface area (Å²) >= 11 is 6.32. The molecule has 28 heavy (non-hydrogen) atoms. The normalized spacial score (nSPS) is 11.5. The van der Waals surface area contributed by atoms with E-state index in [-0.39, 0.29) is 28.4 Å².